The highest BCUT2D eigenvalue weighted by atomic mass is 15.1. The molecule has 0 saturated carbocycles. The van der Waals surface area contributed by atoms with Crippen LogP contribution < -0.4 is 0 Å². The van der Waals surface area contributed by atoms with Crippen LogP contribution in [0.1, 0.15) is 79.5 Å². The molecule has 0 bridgehead atoms. The van der Waals surface area contributed by atoms with Crippen molar-refractivity contribution in [2.45, 2.75) is 78.6 Å². The molecule has 0 aliphatic rings. The van der Waals surface area contributed by atoms with Crippen molar-refractivity contribution >= 4 is 0 Å². The molecule has 0 N–H and O–H groups in total. The summed E-state index contributed by atoms with van der Waals surface area (Å²) in [7, 11) is 0. The molecule has 3 rings (SSSR count). The minimum Gasteiger partial charge on any atom is -0.241 e. The van der Waals surface area contributed by atoms with Crippen LogP contribution in [0, 0.1) is 0 Å². The average Bonchev–Trinajstić information content (AvgIpc) is 2.69. The summed E-state index contributed by atoms with van der Waals surface area (Å²) >= 11 is 0. The zero-order chi connectivity index (χ0) is 22.8. The van der Waals surface area contributed by atoms with Gasteiger partial charge in [-0.2, -0.15) is 20.4 Å². The molecule has 0 atom stereocenters. The van der Waals surface area contributed by atoms with Crippen LogP contribution in [0.2, 0.25) is 0 Å². The lowest BCUT2D eigenvalue weighted by Gasteiger charge is -2.15. The van der Waals surface area contributed by atoms with E-state index in [0.29, 0.717) is 0 Å². The summed E-state index contributed by atoms with van der Waals surface area (Å²) in [4.78, 5) is 7.95. The smallest absolute Gasteiger partial charge is 0.156 e. The van der Waals surface area contributed by atoms with Gasteiger partial charge in [0.05, 0.1) is 23.8 Å². The Morgan fingerprint density at radius 2 is 1.20 bits per heavy atom. The topological polar surface area (TPSA) is 103 Å². The van der Waals surface area contributed by atoms with Crippen molar-refractivity contribution in [2.75, 3.05) is 0 Å². The zero-order valence-electron chi connectivity index (χ0n) is 19.6. The standard InChI is InChI=1S/C8H12N2.2C7H11N3/c1-8(2,3)7-5-4-6-9-10-7;1-7(2,3)6-4-8-5-9-10-6;1-7(2,3)6-8-4-5-9-10-6/h4-6H,1-3H3;2*4-5H,1-3H3. The fourth-order valence-corrected chi connectivity index (χ4v) is 1.88. The second-order valence-electron chi connectivity index (χ2n) is 9.82. The predicted molar refractivity (Wildman–Crippen MR) is 118 cm³/mol. The van der Waals surface area contributed by atoms with Crippen LogP contribution in [0.3, 0.4) is 0 Å². The van der Waals surface area contributed by atoms with Crippen molar-refractivity contribution in [1.82, 2.24) is 40.6 Å². The minimum atomic E-state index is 0.00819. The Hall–Kier alpha value is -2.90. The Labute approximate surface area is 180 Å². The second kappa shape index (κ2) is 10.8. The van der Waals surface area contributed by atoms with Crippen LogP contribution >= 0.6 is 0 Å². The van der Waals surface area contributed by atoms with E-state index in [2.05, 4.69) is 103 Å². The van der Waals surface area contributed by atoms with Crippen LogP contribution in [-0.4, -0.2) is 40.6 Å². The lowest BCUT2D eigenvalue weighted by molar-refractivity contribution is 0.533. The van der Waals surface area contributed by atoms with E-state index in [0.717, 1.165) is 17.2 Å². The molecule has 0 unspecified atom stereocenters. The van der Waals surface area contributed by atoms with E-state index in [9.17, 15) is 0 Å². The molecule has 0 fully saturated rings. The minimum absolute atomic E-state index is 0.00819. The van der Waals surface area contributed by atoms with E-state index in [-0.39, 0.29) is 16.2 Å². The first-order chi connectivity index (χ1) is 13.8. The summed E-state index contributed by atoms with van der Waals surface area (Å²) in [5.74, 6) is 0.787. The molecule has 0 aliphatic heterocycles. The van der Waals surface area contributed by atoms with Crippen molar-refractivity contribution in [1.29, 1.82) is 0 Å². The summed E-state index contributed by atoms with van der Waals surface area (Å²) in [6.45, 7) is 18.8. The van der Waals surface area contributed by atoms with Crippen molar-refractivity contribution in [3.63, 3.8) is 0 Å². The molecule has 0 amide bonds. The second-order valence-corrected chi connectivity index (χ2v) is 9.82. The van der Waals surface area contributed by atoms with Crippen molar-refractivity contribution in [3.8, 4) is 0 Å². The molecule has 0 saturated heterocycles. The molecule has 162 valence electrons. The predicted octanol–water partition coefficient (Wildman–Crippen LogP) is 4.11. The zero-order valence-corrected chi connectivity index (χ0v) is 19.6. The first-order valence-corrected chi connectivity index (χ1v) is 9.87. The highest BCUT2D eigenvalue weighted by molar-refractivity contribution is 5.09. The number of rotatable bonds is 0. The van der Waals surface area contributed by atoms with Crippen LogP contribution in [0.4, 0.5) is 0 Å². The summed E-state index contributed by atoms with van der Waals surface area (Å²) in [5.41, 5.74) is 2.15. The molecule has 3 aromatic rings. The SMILES string of the molecule is CC(C)(C)c1cccnn1.CC(C)(C)c1cncnn1.CC(C)(C)c1nccnn1. The first-order valence-electron chi connectivity index (χ1n) is 9.87. The number of hydrogen-bond donors (Lipinski definition) is 0. The van der Waals surface area contributed by atoms with E-state index >= 15 is 0 Å². The Morgan fingerprint density at radius 3 is 1.50 bits per heavy atom. The van der Waals surface area contributed by atoms with E-state index < -0.39 is 0 Å². The molecule has 0 spiro atoms. The summed E-state index contributed by atoms with van der Waals surface area (Å²) in [5, 5.41) is 23.1. The molecule has 8 nitrogen and oxygen atoms in total. The first kappa shape index (κ1) is 25.1. The van der Waals surface area contributed by atoms with Gasteiger partial charge in [-0.15, -0.1) is 10.2 Å². The van der Waals surface area contributed by atoms with E-state index in [4.69, 9.17) is 0 Å². The monoisotopic (exact) mass is 410 g/mol. The molecule has 8 heteroatoms. The van der Waals surface area contributed by atoms with Gasteiger partial charge in [0.1, 0.15) is 6.33 Å². The quantitative estimate of drug-likeness (QED) is 0.545. The molecule has 0 aromatic carbocycles. The molecule has 0 aliphatic carbocycles. The lowest BCUT2D eigenvalue weighted by Crippen LogP contribution is -2.15. The van der Waals surface area contributed by atoms with Crippen molar-refractivity contribution < 1.29 is 0 Å². The molecule has 0 radical (unpaired) electrons. The van der Waals surface area contributed by atoms with Gasteiger partial charge in [-0.25, -0.2) is 9.97 Å². The van der Waals surface area contributed by atoms with Gasteiger partial charge >= 0.3 is 0 Å². The van der Waals surface area contributed by atoms with Gasteiger partial charge in [-0.3, -0.25) is 0 Å². The Kier molecular flexibility index (Phi) is 9.01. The maximum absolute atomic E-state index is 4.08. The number of hydrogen-bond acceptors (Lipinski definition) is 8. The maximum atomic E-state index is 4.08. The summed E-state index contributed by atoms with van der Waals surface area (Å²) in [6, 6.07) is 3.90. The van der Waals surface area contributed by atoms with Gasteiger partial charge in [-0.1, -0.05) is 62.3 Å². The highest BCUT2D eigenvalue weighted by Crippen LogP contribution is 2.18. The molecule has 3 aromatic heterocycles. The van der Waals surface area contributed by atoms with Crippen LogP contribution in [0.15, 0.2) is 43.2 Å². The van der Waals surface area contributed by atoms with Gasteiger partial charge in [0.2, 0.25) is 0 Å². The summed E-state index contributed by atoms with van der Waals surface area (Å²) in [6.07, 6.45) is 8.11. The fraction of sp³-hybridized carbons (Fsp3) is 0.545. The Balaban J connectivity index is 0.000000225. The van der Waals surface area contributed by atoms with Crippen molar-refractivity contribution in [3.05, 3.63) is 60.5 Å². The third kappa shape index (κ3) is 9.54. The fourth-order valence-electron chi connectivity index (χ4n) is 1.88. The third-order valence-electron chi connectivity index (χ3n) is 3.74. The van der Waals surface area contributed by atoms with Crippen LogP contribution in [0.25, 0.3) is 0 Å². The van der Waals surface area contributed by atoms with Crippen molar-refractivity contribution in [2.24, 2.45) is 0 Å². The van der Waals surface area contributed by atoms with Gasteiger partial charge < -0.3 is 0 Å². The molecule has 3 heterocycles. The third-order valence-corrected chi connectivity index (χ3v) is 3.74. The molecular formula is C22H34N8. The van der Waals surface area contributed by atoms with E-state index in [1.54, 1.807) is 24.8 Å². The largest absolute Gasteiger partial charge is 0.241 e. The van der Waals surface area contributed by atoms with Crippen LogP contribution in [-0.2, 0) is 16.2 Å². The van der Waals surface area contributed by atoms with E-state index in [1.807, 2.05) is 12.1 Å². The lowest BCUT2D eigenvalue weighted by atomic mass is 9.92. The van der Waals surface area contributed by atoms with Gasteiger partial charge in [-0.05, 0) is 12.1 Å². The maximum Gasteiger partial charge on any atom is 0.156 e. The highest BCUT2D eigenvalue weighted by Gasteiger charge is 2.16. The van der Waals surface area contributed by atoms with Gasteiger partial charge in [0.15, 0.2) is 5.82 Å². The van der Waals surface area contributed by atoms with Gasteiger partial charge in [0.25, 0.3) is 0 Å². The average molecular weight is 411 g/mol. The van der Waals surface area contributed by atoms with Crippen LogP contribution in [0.5, 0.6) is 0 Å². The van der Waals surface area contributed by atoms with Gasteiger partial charge in [0, 0.05) is 28.6 Å². The molecular weight excluding hydrogens is 376 g/mol. The number of nitrogens with zero attached hydrogens (tertiary/aromatic N) is 8. The molecule has 30 heavy (non-hydrogen) atoms. The Morgan fingerprint density at radius 1 is 0.600 bits per heavy atom. The number of aromatic nitrogens is 8. The Bertz CT molecular complexity index is 716. The van der Waals surface area contributed by atoms with E-state index in [1.165, 1.54) is 6.33 Å². The normalized spacial score (nSPS) is 11.5. The summed E-state index contributed by atoms with van der Waals surface area (Å²) < 4.78 is 0.